The first-order valence-electron chi connectivity index (χ1n) is 7.32. The van der Waals surface area contributed by atoms with Crippen molar-refractivity contribution in [1.29, 1.82) is 0 Å². The lowest BCUT2D eigenvalue weighted by Crippen LogP contribution is -2.37. The maximum absolute atomic E-state index is 12.7. The van der Waals surface area contributed by atoms with Crippen molar-refractivity contribution in [3.8, 4) is 0 Å². The van der Waals surface area contributed by atoms with E-state index in [1.807, 2.05) is 18.2 Å². The Labute approximate surface area is 132 Å². The van der Waals surface area contributed by atoms with Gasteiger partial charge in [-0.25, -0.2) is 9.65 Å². The van der Waals surface area contributed by atoms with Crippen molar-refractivity contribution >= 4 is 19.3 Å². The molecule has 0 radical (unpaired) electrons. The summed E-state index contributed by atoms with van der Waals surface area (Å²) >= 11 is 0. The average Bonchev–Trinajstić information content (AvgIpc) is 2.37. The van der Waals surface area contributed by atoms with Crippen LogP contribution in [0.3, 0.4) is 0 Å². The van der Waals surface area contributed by atoms with Gasteiger partial charge in [0, 0.05) is 5.69 Å². The van der Waals surface area contributed by atoms with Crippen LogP contribution in [-0.4, -0.2) is 24.2 Å². The van der Waals surface area contributed by atoms with Crippen LogP contribution in [0.5, 0.6) is 0 Å². The van der Waals surface area contributed by atoms with Crippen molar-refractivity contribution in [2.75, 3.05) is 5.32 Å². The first kappa shape index (κ1) is 18.8. The second kappa shape index (κ2) is 8.44. The van der Waals surface area contributed by atoms with Gasteiger partial charge < -0.3 is 5.32 Å². The molecule has 0 bridgehead atoms. The maximum atomic E-state index is 12.7. The van der Waals surface area contributed by atoms with Crippen molar-refractivity contribution in [2.24, 2.45) is 0 Å². The summed E-state index contributed by atoms with van der Waals surface area (Å²) in [6, 6.07) is 8.32. The summed E-state index contributed by atoms with van der Waals surface area (Å²) in [7, 11) is -3.56. The van der Waals surface area contributed by atoms with Crippen molar-refractivity contribution in [3.63, 3.8) is 0 Å². The van der Waals surface area contributed by atoms with Gasteiger partial charge in [0.1, 0.15) is 0 Å². The van der Waals surface area contributed by atoms with E-state index >= 15 is 0 Å². The highest BCUT2D eigenvalue weighted by Gasteiger charge is 2.31. The molecule has 0 aliphatic rings. The highest BCUT2D eigenvalue weighted by atomic mass is 31.2. The lowest BCUT2D eigenvalue weighted by Gasteiger charge is -2.25. The number of carbonyl (C=O) groups excluding carboxylic acids is 1. The molecule has 0 spiro atoms. The Balaban J connectivity index is 2.71. The number of anilines is 1. The Morgan fingerprint density at radius 1 is 1.00 bits per heavy atom. The van der Waals surface area contributed by atoms with Crippen molar-refractivity contribution in [3.05, 3.63) is 30.3 Å². The van der Waals surface area contributed by atoms with Crippen LogP contribution in [0, 0.1) is 0 Å². The van der Waals surface area contributed by atoms with E-state index in [4.69, 9.17) is 9.05 Å². The van der Waals surface area contributed by atoms with Gasteiger partial charge >= 0.3 is 7.75 Å². The van der Waals surface area contributed by atoms with Gasteiger partial charge in [0.05, 0.1) is 18.2 Å². The third-order valence-corrected chi connectivity index (χ3v) is 4.59. The highest BCUT2D eigenvalue weighted by Crippen LogP contribution is 2.46. The minimum absolute atomic E-state index is 0.290. The summed E-state index contributed by atoms with van der Waals surface area (Å²) in [4.78, 5) is 12.2. The average molecular weight is 328 g/mol. The molecule has 22 heavy (non-hydrogen) atoms. The number of benzene rings is 1. The number of hydrogen-bond donors (Lipinski definition) is 2. The molecule has 0 aliphatic carbocycles. The molecule has 1 rings (SSSR count). The SMILES string of the molecule is CC(C)OP(=O)(NC(C)C(=O)Nc1ccccc1)OC(C)C. The fourth-order valence-corrected chi connectivity index (χ4v) is 3.58. The van der Waals surface area contributed by atoms with E-state index in [0.29, 0.717) is 5.69 Å². The summed E-state index contributed by atoms with van der Waals surface area (Å²) in [5, 5.41) is 5.41. The zero-order chi connectivity index (χ0) is 16.8. The summed E-state index contributed by atoms with van der Waals surface area (Å²) < 4.78 is 23.4. The van der Waals surface area contributed by atoms with Gasteiger partial charge in [-0.05, 0) is 46.8 Å². The molecule has 1 unspecified atom stereocenters. The fraction of sp³-hybridized carbons (Fsp3) is 0.533. The topological polar surface area (TPSA) is 76.7 Å². The normalized spacial score (nSPS) is 13.4. The molecular formula is C15H25N2O4P. The molecule has 6 nitrogen and oxygen atoms in total. The van der Waals surface area contributed by atoms with Gasteiger partial charge in [-0.15, -0.1) is 0 Å². The highest BCUT2D eigenvalue weighted by molar-refractivity contribution is 7.51. The largest absolute Gasteiger partial charge is 0.406 e. The Kier molecular flexibility index (Phi) is 7.23. The number of para-hydroxylation sites is 1. The van der Waals surface area contributed by atoms with Gasteiger partial charge in [-0.1, -0.05) is 18.2 Å². The molecular weight excluding hydrogens is 303 g/mol. The minimum Gasteiger partial charge on any atom is -0.325 e. The van der Waals surface area contributed by atoms with E-state index in [1.165, 1.54) is 0 Å². The molecule has 0 fully saturated rings. The molecule has 1 aromatic rings. The summed E-state index contributed by atoms with van der Waals surface area (Å²) in [5.74, 6) is -0.314. The van der Waals surface area contributed by atoms with Crippen LogP contribution in [0.4, 0.5) is 5.69 Å². The second-order valence-corrected chi connectivity index (χ2v) is 7.19. The number of nitrogens with one attached hydrogen (secondary N) is 2. The Hall–Kier alpha value is -1.20. The smallest absolute Gasteiger partial charge is 0.325 e. The third kappa shape index (κ3) is 6.71. The van der Waals surface area contributed by atoms with E-state index < -0.39 is 13.8 Å². The number of hydrogen-bond acceptors (Lipinski definition) is 4. The maximum Gasteiger partial charge on any atom is 0.406 e. The molecule has 1 atom stereocenters. The molecule has 0 saturated heterocycles. The van der Waals surface area contributed by atoms with E-state index in [0.717, 1.165) is 0 Å². The summed E-state index contributed by atoms with van der Waals surface area (Å²) in [5.41, 5.74) is 0.672. The van der Waals surface area contributed by atoms with E-state index in [1.54, 1.807) is 46.8 Å². The van der Waals surface area contributed by atoms with Crippen LogP contribution in [0.15, 0.2) is 30.3 Å². The van der Waals surface area contributed by atoms with Gasteiger partial charge in [0.25, 0.3) is 0 Å². The zero-order valence-corrected chi connectivity index (χ0v) is 14.6. The lowest BCUT2D eigenvalue weighted by atomic mass is 10.3. The van der Waals surface area contributed by atoms with Gasteiger partial charge in [0.2, 0.25) is 5.91 Å². The predicted octanol–water partition coefficient (Wildman–Crippen LogP) is 3.56. The fourth-order valence-electron chi connectivity index (χ4n) is 1.71. The molecule has 1 amide bonds. The third-order valence-electron chi connectivity index (χ3n) is 2.49. The van der Waals surface area contributed by atoms with Crippen molar-refractivity contribution in [1.82, 2.24) is 5.09 Å². The summed E-state index contributed by atoms with van der Waals surface area (Å²) in [6.45, 7) is 8.64. The molecule has 7 heteroatoms. The van der Waals surface area contributed by atoms with Crippen LogP contribution < -0.4 is 10.4 Å². The monoisotopic (exact) mass is 328 g/mol. The quantitative estimate of drug-likeness (QED) is 0.714. The Morgan fingerprint density at radius 2 is 1.50 bits per heavy atom. The Bertz CT molecular complexity index is 506. The number of amides is 1. The predicted molar refractivity (Wildman–Crippen MR) is 87.7 cm³/mol. The molecule has 2 N–H and O–H groups in total. The molecule has 0 saturated carbocycles. The molecule has 1 aromatic carbocycles. The standard InChI is InChI=1S/C15H25N2O4P/c1-11(2)20-22(19,21-12(3)4)17-13(5)15(18)16-14-9-7-6-8-10-14/h6-13H,1-5H3,(H,16,18)(H,17,19). The lowest BCUT2D eigenvalue weighted by molar-refractivity contribution is -0.117. The van der Waals surface area contributed by atoms with E-state index in [-0.39, 0.29) is 18.1 Å². The first-order chi connectivity index (χ1) is 10.2. The first-order valence-corrected chi connectivity index (χ1v) is 8.86. The van der Waals surface area contributed by atoms with Crippen molar-refractivity contribution in [2.45, 2.75) is 52.9 Å². The Morgan fingerprint density at radius 3 is 1.95 bits per heavy atom. The molecule has 0 heterocycles. The number of rotatable bonds is 8. The zero-order valence-electron chi connectivity index (χ0n) is 13.7. The number of carbonyl (C=O) groups is 1. The molecule has 0 aliphatic heterocycles. The van der Waals surface area contributed by atoms with Gasteiger partial charge in [0.15, 0.2) is 0 Å². The van der Waals surface area contributed by atoms with Crippen LogP contribution in [0.2, 0.25) is 0 Å². The van der Waals surface area contributed by atoms with Crippen LogP contribution >= 0.6 is 7.75 Å². The van der Waals surface area contributed by atoms with E-state index in [2.05, 4.69) is 10.4 Å². The van der Waals surface area contributed by atoms with Crippen LogP contribution in [-0.2, 0) is 18.4 Å². The second-order valence-electron chi connectivity index (χ2n) is 5.51. The summed E-state index contributed by atoms with van der Waals surface area (Å²) in [6.07, 6.45) is -0.581. The molecule has 0 aromatic heterocycles. The van der Waals surface area contributed by atoms with Gasteiger partial charge in [-0.2, -0.15) is 0 Å². The van der Waals surface area contributed by atoms with Crippen molar-refractivity contribution < 1.29 is 18.4 Å². The van der Waals surface area contributed by atoms with Gasteiger partial charge in [-0.3, -0.25) is 13.8 Å². The van der Waals surface area contributed by atoms with Crippen LogP contribution in [0.1, 0.15) is 34.6 Å². The van der Waals surface area contributed by atoms with E-state index in [9.17, 15) is 9.36 Å². The minimum atomic E-state index is -3.56. The molecule has 124 valence electrons. The van der Waals surface area contributed by atoms with Crippen LogP contribution in [0.25, 0.3) is 0 Å².